The van der Waals surface area contributed by atoms with Gasteiger partial charge in [-0.05, 0) is 67.9 Å². The summed E-state index contributed by atoms with van der Waals surface area (Å²) >= 11 is 0. The molecule has 2 fully saturated rings. The van der Waals surface area contributed by atoms with E-state index in [0.29, 0.717) is 50.1 Å². The van der Waals surface area contributed by atoms with Crippen LogP contribution in [0.3, 0.4) is 0 Å². The Hall–Kier alpha value is -2.58. The van der Waals surface area contributed by atoms with Crippen molar-refractivity contribution in [1.82, 2.24) is 10.2 Å². The fourth-order valence-electron chi connectivity index (χ4n) is 4.33. The topological polar surface area (TPSA) is 61.8 Å². The Morgan fingerprint density at radius 1 is 1.00 bits per heavy atom. The Morgan fingerprint density at radius 2 is 1.59 bits per heavy atom. The molecule has 2 aromatic rings. The van der Waals surface area contributed by atoms with Crippen LogP contribution in [0.15, 0.2) is 48.5 Å². The van der Waals surface area contributed by atoms with Gasteiger partial charge in [0.15, 0.2) is 0 Å². The summed E-state index contributed by atoms with van der Waals surface area (Å²) in [6.07, 6.45) is -2.00. The van der Waals surface area contributed by atoms with Crippen molar-refractivity contribution in [3.05, 3.63) is 65.2 Å². The predicted octanol–water partition coefficient (Wildman–Crippen LogP) is 3.96. The van der Waals surface area contributed by atoms with E-state index in [2.05, 4.69) is 5.32 Å². The zero-order chi connectivity index (χ0) is 22.8. The van der Waals surface area contributed by atoms with Gasteiger partial charge in [-0.3, -0.25) is 4.79 Å². The smallest absolute Gasteiger partial charge is 0.416 e. The number of carbonyl (C=O) groups excluding carboxylic acids is 1. The number of alkyl halides is 3. The van der Waals surface area contributed by atoms with E-state index in [0.717, 1.165) is 30.8 Å². The minimum Gasteiger partial charge on any atom is -0.490 e. The van der Waals surface area contributed by atoms with Crippen LogP contribution in [0, 0.1) is 0 Å². The molecule has 0 radical (unpaired) electrons. The van der Waals surface area contributed by atoms with E-state index >= 15 is 0 Å². The summed E-state index contributed by atoms with van der Waals surface area (Å²) in [6, 6.07) is 11.9. The van der Waals surface area contributed by atoms with Gasteiger partial charge in [0.05, 0.1) is 11.2 Å². The first-order valence-corrected chi connectivity index (χ1v) is 10.9. The molecule has 0 aliphatic carbocycles. The van der Waals surface area contributed by atoms with Crippen LogP contribution in [-0.4, -0.2) is 48.2 Å². The first kappa shape index (κ1) is 22.6. The molecule has 0 spiro atoms. The van der Waals surface area contributed by atoms with E-state index in [-0.39, 0.29) is 12.0 Å². The number of ether oxygens (including phenoxy) is 1. The lowest BCUT2D eigenvalue weighted by molar-refractivity contribution is -0.137. The van der Waals surface area contributed by atoms with Crippen LogP contribution in [0.2, 0.25) is 0 Å². The first-order chi connectivity index (χ1) is 15.2. The molecule has 8 heteroatoms. The van der Waals surface area contributed by atoms with Gasteiger partial charge >= 0.3 is 6.18 Å². The van der Waals surface area contributed by atoms with E-state index in [9.17, 15) is 23.1 Å². The number of likely N-dealkylation sites (tertiary alicyclic amines) is 1. The maximum atomic E-state index is 12.9. The highest BCUT2D eigenvalue weighted by Crippen LogP contribution is 2.32. The SMILES string of the molecule is O=C(c1ccc(C2(O)CCNCC2)cc1)N1CCC(Oc2ccc(C(F)(F)F)cc2)CC1. The highest BCUT2D eigenvalue weighted by Gasteiger charge is 2.32. The van der Waals surface area contributed by atoms with Crippen molar-refractivity contribution < 1.29 is 27.8 Å². The number of hydrogen-bond acceptors (Lipinski definition) is 4. The summed E-state index contributed by atoms with van der Waals surface area (Å²) in [6.45, 7) is 2.56. The van der Waals surface area contributed by atoms with Crippen LogP contribution in [-0.2, 0) is 11.8 Å². The molecule has 0 aromatic heterocycles. The third-order valence-electron chi connectivity index (χ3n) is 6.31. The van der Waals surface area contributed by atoms with Gasteiger partial charge in [0.25, 0.3) is 5.91 Å². The Morgan fingerprint density at radius 3 is 2.16 bits per heavy atom. The number of aliphatic hydroxyl groups is 1. The van der Waals surface area contributed by atoms with Gasteiger partial charge in [0.2, 0.25) is 0 Å². The molecule has 172 valence electrons. The summed E-state index contributed by atoms with van der Waals surface area (Å²) in [4.78, 5) is 14.6. The molecule has 0 unspecified atom stereocenters. The molecular weight excluding hydrogens is 421 g/mol. The fourth-order valence-corrected chi connectivity index (χ4v) is 4.33. The van der Waals surface area contributed by atoms with Gasteiger partial charge < -0.3 is 20.1 Å². The third-order valence-corrected chi connectivity index (χ3v) is 6.31. The standard InChI is InChI=1S/C24H27F3N2O3/c25-24(26,27)19-5-7-20(8-6-19)32-21-9-15-29(16-10-21)22(30)17-1-3-18(4-2-17)23(31)11-13-28-14-12-23/h1-8,21,28,31H,9-16H2. The Labute approximate surface area is 185 Å². The molecule has 2 aromatic carbocycles. The van der Waals surface area contributed by atoms with Crippen molar-refractivity contribution in [3.63, 3.8) is 0 Å². The van der Waals surface area contributed by atoms with E-state index in [4.69, 9.17) is 4.74 Å². The van der Waals surface area contributed by atoms with Gasteiger partial charge in [-0.2, -0.15) is 13.2 Å². The van der Waals surface area contributed by atoms with Crippen LogP contribution < -0.4 is 10.1 Å². The average molecular weight is 448 g/mol. The van der Waals surface area contributed by atoms with E-state index in [1.165, 1.54) is 12.1 Å². The molecule has 0 bridgehead atoms. The maximum Gasteiger partial charge on any atom is 0.416 e. The normalized spacial score (nSPS) is 19.6. The molecule has 32 heavy (non-hydrogen) atoms. The predicted molar refractivity (Wildman–Crippen MR) is 113 cm³/mol. The average Bonchev–Trinajstić information content (AvgIpc) is 2.79. The van der Waals surface area contributed by atoms with Crippen molar-refractivity contribution in [1.29, 1.82) is 0 Å². The zero-order valence-electron chi connectivity index (χ0n) is 17.7. The van der Waals surface area contributed by atoms with Crippen molar-refractivity contribution in [2.75, 3.05) is 26.2 Å². The lowest BCUT2D eigenvalue weighted by Crippen LogP contribution is -2.42. The van der Waals surface area contributed by atoms with Crippen molar-refractivity contribution in [2.24, 2.45) is 0 Å². The summed E-state index contributed by atoms with van der Waals surface area (Å²) in [5.74, 6) is 0.330. The van der Waals surface area contributed by atoms with E-state index in [1.54, 1.807) is 17.0 Å². The summed E-state index contributed by atoms with van der Waals surface area (Å²) < 4.78 is 43.9. The van der Waals surface area contributed by atoms with Crippen molar-refractivity contribution in [3.8, 4) is 5.75 Å². The van der Waals surface area contributed by atoms with Crippen LogP contribution in [0.1, 0.15) is 47.2 Å². The summed E-state index contributed by atoms with van der Waals surface area (Å²) in [5, 5.41) is 14.1. The lowest BCUT2D eigenvalue weighted by Gasteiger charge is -2.34. The second-order valence-corrected chi connectivity index (χ2v) is 8.49. The van der Waals surface area contributed by atoms with Crippen molar-refractivity contribution in [2.45, 2.75) is 43.6 Å². The Bertz CT molecular complexity index is 915. The fraction of sp³-hybridized carbons (Fsp3) is 0.458. The molecule has 2 aliphatic rings. The van der Waals surface area contributed by atoms with Gasteiger partial charge in [0.1, 0.15) is 11.9 Å². The molecule has 0 saturated carbocycles. The molecule has 2 heterocycles. The molecule has 4 rings (SSSR count). The third kappa shape index (κ3) is 5.07. The summed E-state index contributed by atoms with van der Waals surface area (Å²) in [7, 11) is 0. The van der Waals surface area contributed by atoms with Crippen LogP contribution in [0.4, 0.5) is 13.2 Å². The Kier molecular flexibility index (Phi) is 6.44. The number of benzene rings is 2. The lowest BCUT2D eigenvalue weighted by atomic mass is 9.85. The molecule has 2 N–H and O–H groups in total. The van der Waals surface area contributed by atoms with Crippen LogP contribution in [0.5, 0.6) is 5.75 Å². The number of piperidine rings is 2. The van der Waals surface area contributed by atoms with Gasteiger partial charge in [-0.1, -0.05) is 12.1 Å². The maximum absolute atomic E-state index is 12.9. The second-order valence-electron chi connectivity index (χ2n) is 8.49. The molecule has 2 aliphatic heterocycles. The molecule has 2 saturated heterocycles. The largest absolute Gasteiger partial charge is 0.490 e. The zero-order valence-corrected chi connectivity index (χ0v) is 17.7. The second kappa shape index (κ2) is 9.11. The molecular formula is C24H27F3N2O3. The number of amides is 1. The Balaban J connectivity index is 1.30. The van der Waals surface area contributed by atoms with E-state index in [1.807, 2.05) is 12.1 Å². The number of nitrogens with one attached hydrogen (secondary N) is 1. The minimum atomic E-state index is -4.37. The highest BCUT2D eigenvalue weighted by atomic mass is 19.4. The van der Waals surface area contributed by atoms with Crippen LogP contribution >= 0.6 is 0 Å². The number of halogens is 3. The number of rotatable bonds is 4. The first-order valence-electron chi connectivity index (χ1n) is 10.9. The number of carbonyl (C=O) groups is 1. The van der Waals surface area contributed by atoms with Gasteiger partial charge in [-0.25, -0.2) is 0 Å². The van der Waals surface area contributed by atoms with Crippen LogP contribution in [0.25, 0.3) is 0 Å². The molecule has 1 amide bonds. The van der Waals surface area contributed by atoms with Crippen molar-refractivity contribution >= 4 is 5.91 Å². The highest BCUT2D eigenvalue weighted by molar-refractivity contribution is 5.94. The quantitative estimate of drug-likeness (QED) is 0.744. The molecule has 0 atom stereocenters. The van der Waals surface area contributed by atoms with Gasteiger partial charge in [0, 0.05) is 31.5 Å². The summed E-state index contributed by atoms with van der Waals surface area (Å²) in [5.41, 5.74) is -0.142. The molecule has 5 nitrogen and oxygen atoms in total. The minimum absolute atomic E-state index is 0.0677. The van der Waals surface area contributed by atoms with Gasteiger partial charge in [-0.15, -0.1) is 0 Å². The number of hydrogen-bond donors (Lipinski definition) is 2. The monoisotopic (exact) mass is 448 g/mol. The number of nitrogens with zero attached hydrogens (tertiary/aromatic N) is 1. The van der Waals surface area contributed by atoms with E-state index < -0.39 is 17.3 Å².